The van der Waals surface area contributed by atoms with Gasteiger partial charge in [0.05, 0.1) is 12.2 Å². The van der Waals surface area contributed by atoms with E-state index in [1.165, 1.54) is 0 Å². The van der Waals surface area contributed by atoms with Gasteiger partial charge in [-0.05, 0) is 49.7 Å². The molecule has 0 amide bonds. The summed E-state index contributed by atoms with van der Waals surface area (Å²) >= 11 is 0. The van der Waals surface area contributed by atoms with E-state index in [1.54, 1.807) is 0 Å². The van der Waals surface area contributed by atoms with Gasteiger partial charge < -0.3 is 19.5 Å². The average molecular weight is 377 g/mol. The number of hydrogen-bond acceptors (Lipinski definition) is 4. The summed E-state index contributed by atoms with van der Waals surface area (Å²) in [5, 5.41) is 3.42. The van der Waals surface area contributed by atoms with E-state index >= 15 is 0 Å². The molecule has 3 aromatic carbocycles. The van der Waals surface area contributed by atoms with Crippen LogP contribution < -0.4 is 19.5 Å². The third-order valence-electron chi connectivity index (χ3n) is 4.24. The molecule has 0 aliphatic carbocycles. The molecule has 0 aromatic heterocycles. The summed E-state index contributed by atoms with van der Waals surface area (Å²) in [7, 11) is 0. The van der Waals surface area contributed by atoms with E-state index < -0.39 is 0 Å². The minimum absolute atomic E-state index is 0.0237. The Morgan fingerprint density at radius 1 is 0.750 bits per heavy atom. The monoisotopic (exact) mass is 377 g/mol. The van der Waals surface area contributed by atoms with Gasteiger partial charge in [0.1, 0.15) is 36.6 Å². The normalized spacial score (nSPS) is 11.5. The first-order chi connectivity index (χ1) is 13.7. The Bertz CT molecular complexity index is 851. The maximum Gasteiger partial charge on any atom is 0.142 e. The van der Waals surface area contributed by atoms with Gasteiger partial charge in [-0.3, -0.25) is 0 Å². The van der Waals surface area contributed by atoms with Crippen molar-refractivity contribution in [3.63, 3.8) is 0 Å². The summed E-state index contributed by atoms with van der Waals surface area (Å²) < 4.78 is 17.6. The molecule has 0 saturated carbocycles. The molecule has 3 aromatic rings. The highest BCUT2D eigenvalue weighted by atomic mass is 16.5. The van der Waals surface area contributed by atoms with Gasteiger partial charge in [0.25, 0.3) is 0 Å². The minimum atomic E-state index is 0.0237. The van der Waals surface area contributed by atoms with E-state index in [2.05, 4.69) is 25.2 Å². The summed E-state index contributed by atoms with van der Waals surface area (Å²) in [5.41, 5.74) is 2.08. The second kappa shape index (κ2) is 10.3. The highest BCUT2D eigenvalue weighted by Gasteiger charge is 2.08. The van der Waals surface area contributed by atoms with Crippen LogP contribution >= 0.6 is 0 Å². The fourth-order valence-electron chi connectivity index (χ4n) is 2.77. The van der Waals surface area contributed by atoms with Crippen LogP contribution in [0.1, 0.15) is 12.5 Å². The summed E-state index contributed by atoms with van der Waals surface area (Å²) in [6.07, 6.45) is 0.0237. The quantitative estimate of drug-likeness (QED) is 0.485. The van der Waals surface area contributed by atoms with E-state index in [4.69, 9.17) is 14.2 Å². The number of anilines is 1. The highest BCUT2D eigenvalue weighted by Crippen LogP contribution is 2.24. The SMILES string of the molecule is Cc1ccccc1OC(C)CNc1ccccc1OCCOc1ccccc1. The molecule has 0 aliphatic rings. The van der Waals surface area contributed by atoms with Gasteiger partial charge in [-0.25, -0.2) is 0 Å². The molecule has 0 aliphatic heterocycles. The fraction of sp³-hybridized carbons (Fsp3) is 0.250. The van der Waals surface area contributed by atoms with Crippen LogP contribution in [0.5, 0.6) is 17.2 Å². The Hall–Kier alpha value is -3.14. The lowest BCUT2D eigenvalue weighted by atomic mass is 10.2. The molecule has 4 heteroatoms. The van der Waals surface area contributed by atoms with Gasteiger partial charge in [0.2, 0.25) is 0 Å². The van der Waals surface area contributed by atoms with Crippen LogP contribution in [0, 0.1) is 6.92 Å². The molecule has 1 atom stereocenters. The number of hydrogen-bond donors (Lipinski definition) is 1. The molecule has 1 N–H and O–H groups in total. The number of rotatable bonds is 10. The maximum absolute atomic E-state index is 6.03. The molecule has 0 fully saturated rings. The van der Waals surface area contributed by atoms with Gasteiger partial charge in [-0.15, -0.1) is 0 Å². The van der Waals surface area contributed by atoms with Crippen molar-refractivity contribution in [1.82, 2.24) is 0 Å². The van der Waals surface area contributed by atoms with Crippen LogP contribution in [0.4, 0.5) is 5.69 Å². The molecular formula is C24H27NO3. The maximum atomic E-state index is 6.03. The molecule has 4 nitrogen and oxygen atoms in total. The Labute approximate surface area is 167 Å². The van der Waals surface area contributed by atoms with Crippen molar-refractivity contribution in [2.24, 2.45) is 0 Å². The van der Waals surface area contributed by atoms with Gasteiger partial charge in [-0.1, -0.05) is 48.5 Å². The van der Waals surface area contributed by atoms with Crippen LogP contribution in [0.3, 0.4) is 0 Å². The Morgan fingerprint density at radius 2 is 1.39 bits per heavy atom. The predicted octanol–water partition coefficient (Wildman–Crippen LogP) is 5.33. The molecule has 0 saturated heterocycles. The van der Waals surface area contributed by atoms with Crippen molar-refractivity contribution in [3.8, 4) is 17.2 Å². The van der Waals surface area contributed by atoms with E-state index in [0.29, 0.717) is 19.8 Å². The lowest BCUT2D eigenvalue weighted by molar-refractivity contribution is 0.217. The molecule has 28 heavy (non-hydrogen) atoms. The zero-order valence-corrected chi connectivity index (χ0v) is 16.4. The van der Waals surface area contributed by atoms with Crippen LogP contribution in [0.25, 0.3) is 0 Å². The van der Waals surface area contributed by atoms with Crippen LogP contribution in [-0.2, 0) is 0 Å². The van der Waals surface area contributed by atoms with Crippen molar-refractivity contribution >= 4 is 5.69 Å². The molecule has 146 valence electrons. The van der Waals surface area contributed by atoms with Crippen LogP contribution in [0.15, 0.2) is 78.9 Å². The van der Waals surface area contributed by atoms with E-state index in [-0.39, 0.29) is 6.10 Å². The summed E-state index contributed by atoms with van der Waals surface area (Å²) in [5.74, 6) is 2.57. The summed E-state index contributed by atoms with van der Waals surface area (Å²) in [6, 6.07) is 25.7. The first-order valence-electron chi connectivity index (χ1n) is 9.58. The zero-order valence-electron chi connectivity index (χ0n) is 16.4. The molecule has 0 heterocycles. The van der Waals surface area contributed by atoms with E-state index in [0.717, 1.165) is 28.5 Å². The van der Waals surface area contributed by atoms with Crippen molar-refractivity contribution in [2.45, 2.75) is 20.0 Å². The largest absolute Gasteiger partial charge is 0.490 e. The van der Waals surface area contributed by atoms with Crippen molar-refractivity contribution in [3.05, 3.63) is 84.4 Å². The first-order valence-corrected chi connectivity index (χ1v) is 9.58. The van der Waals surface area contributed by atoms with E-state index in [9.17, 15) is 0 Å². The van der Waals surface area contributed by atoms with Crippen molar-refractivity contribution in [2.75, 3.05) is 25.1 Å². The van der Waals surface area contributed by atoms with E-state index in [1.807, 2.05) is 72.8 Å². The molecular weight excluding hydrogens is 350 g/mol. The third-order valence-corrected chi connectivity index (χ3v) is 4.24. The smallest absolute Gasteiger partial charge is 0.142 e. The lowest BCUT2D eigenvalue weighted by Gasteiger charge is -2.19. The topological polar surface area (TPSA) is 39.7 Å². The number of aryl methyl sites for hydroxylation is 1. The molecule has 0 radical (unpaired) electrons. The third kappa shape index (κ3) is 5.95. The van der Waals surface area contributed by atoms with Crippen molar-refractivity contribution in [1.29, 1.82) is 0 Å². The molecule has 1 unspecified atom stereocenters. The Balaban J connectivity index is 1.47. The molecule has 0 spiro atoms. The number of benzene rings is 3. The Kier molecular flexibility index (Phi) is 7.19. The van der Waals surface area contributed by atoms with Crippen LogP contribution in [0.2, 0.25) is 0 Å². The lowest BCUT2D eigenvalue weighted by Crippen LogP contribution is -2.23. The zero-order chi connectivity index (χ0) is 19.6. The Morgan fingerprint density at radius 3 is 2.18 bits per heavy atom. The first kappa shape index (κ1) is 19.6. The second-order valence-corrected chi connectivity index (χ2v) is 6.58. The standard InChI is InChI=1S/C24H27NO3/c1-19-10-6-8-14-23(19)28-20(2)18-25-22-13-7-9-15-24(22)27-17-16-26-21-11-4-3-5-12-21/h3-15,20,25H,16-18H2,1-2H3. The van der Waals surface area contributed by atoms with Crippen molar-refractivity contribution < 1.29 is 14.2 Å². The number of ether oxygens (including phenoxy) is 3. The number of para-hydroxylation sites is 4. The van der Waals surface area contributed by atoms with Gasteiger partial charge in [0, 0.05) is 0 Å². The van der Waals surface area contributed by atoms with Gasteiger partial charge in [-0.2, -0.15) is 0 Å². The minimum Gasteiger partial charge on any atom is -0.490 e. The molecule has 3 rings (SSSR count). The predicted molar refractivity (Wildman–Crippen MR) is 114 cm³/mol. The molecule has 0 bridgehead atoms. The fourth-order valence-corrected chi connectivity index (χ4v) is 2.77. The van der Waals surface area contributed by atoms with Gasteiger partial charge in [0.15, 0.2) is 0 Å². The summed E-state index contributed by atoms with van der Waals surface area (Å²) in [6.45, 7) is 5.75. The highest BCUT2D eigenvalue weighted by molar-refractivity contribution is 5.56. The van der Waals surface area contributed by atoms with Gasteiger partial charge >= 0.3 is 0 Å². The average Bonchev–Trinajstić information content (AvgIpc) is 2.73. The van der Waals surface area contributed by atoms with Crippen LogP contribution in [-0.4, -0.2) is 25.9 Å². The number of nitrogens with one attached hydrogen (secondary N) is 1. The second-order valence-electron chi connectivity index (χ2n) is 6.58. The summed E-state index contributed by atoms with van der Waals surface area (Å²) in [4.78, 5) is 0.